The van der Waals surface area contributed by atoms with Crippen molar-refractivity contribution in [2.24, 2.45) is 0 Å². The van der Waals surface area contributed by atoms with Crippen LogP contribution < -0.4 is 10.9 Å². The van der Waals surface area contributed by atoms with Gasteiger partial charge in [-0.25, -0.2) is 8.78 Å². The number of halogens is 2. The van der Waals surface area contributed by atoms with E-state index < -0.39 is 17.5 Å². The molecule has 2 aromatic rings. The van der Waals surface area contributed by atoms with Crippen molar-refractivity contribution in [2.45, 2.75) is 13.8 Å². The molecule has 3 nitrogen and oxygen atoms in total. The molecule has 0 saturated heterocycles. The molecule has 2 N–H and O–H groups in total. The summed E-state index contributed by atoms with van der Waals surface area (Å²) >= 11 is 0. The number of rotatable bonds is 3. The highest BCUT2D eigenvalue weighted by molar-refractivity contribution is 5.94. The second kappa shape index (κ2) is 5.69. The van der Waals surface area contributed by atoms with E-state index >= 15 is 0 Å². The van der Waals surface area contributed by atoms with Crippen LogP contribution in [0, 0.1) is 25.5 Å². The third-order valence-electron chi connectivity index (χ3n) is 2.82. The lowest BCUT2D eigenvalue weighted by Crippen LogP contribution is -2.29. The Hall–Kier alpha value is -2.43. The number of anilines is 1. The van der Waals surface area contributed by atoms with Gasteiger partial charge in [-0.1, -0.05) is 17.7 Å². The van der Waals surface area contributed by atoms with Gasteiger partial charge in [0.05, 0.1) is 5.69 Å². The summed E-state index contributed by atoms with van der Waals surface area (Å²) < 4.78 is 26.0. The van der Waals surface area contributed by atoms with Crippen molar-refractivity contribution in [1.82, 2.24) is 5.43 Å². The summed E-state index contributed by atoms with van der Waals surface area (Å²) in [6.45, 7) is 3.86. The van der Waals surface area contributed by atoms with Gasteiger partial charge in [0.25, 0.3) is 5.91 Å². The van der Waals surface area contributed by atoms with Gasteiger partial charge in [0, 0.05) is 11.6 Å². The van der Waals surface area contributed by atoms with Gasteiger partial charge in [-0.05, 0) is 37.6 Å². The Morgan fingerprint density at radius 3 is 2.25 bits per heavy atom. The molecule has 0 aliphatic heterocycles. The van der Waals surface area contributed by atoms with E-state index in [-0.39, 0.29) is 5.56 Å². The maximum atomic E-state index is 13.0. The molecule has 0 aromatic heterocycles. The van der Waals surface area contributed by atoms with E-state index in [1.54, 1.807) is 0 Å². The first kappa shape index (κ1) is 14.0. The Bertz CT molecular complexity index is 636. The number of nitrogens with one attached hydrogen (secondary N) is 2. The third-order valence-corrected chi connectivity index (χ3v) is 2.82. The maximum Gasteiger partial charge on any atom is 0.269 e. The molecule has 0 spiro atoms. The molecule has 0 heterocycles. The van der Waals surface area contributed by atoms with Gasteiger partial charge in [-0.2, -0.15) is 0 Å². The lowest BCUT2D eigenvalue weighted by molar-refractivity contribution is 0.0961. The van der Waals surface area contributed by atoms with Crippen molar-refractivity contribution in [3.8, 4) is 0 Å². The summed E-state index contributed by atoms with van der Waals surface area (Å²) in [6, 6.07) is 8.33. The second-order valence-corrected chi connectivity index (χ2v) is 4.56. The lowest BCUT2D eigenvalue weighted by atomic mass is 10.1. The highest BCUT2D eigenvalue weighted by Crippen LogP contribution is 2.15. The molecule has 0 unspecified atom stereocenters. The number of carbonyl (C=O) groups is 1. The molecule has 0 aliphatic rings. The second-order valence-electron chi connectivity index (χ2n) is 4.56. The van der Waals surface area contributed by atoms with Crippen LogP contribution in [0.15, 0.2) is 36.4 Å². The average molecular weight is 276 g/mol. The summed E-state index contributed by atoms with van der Waals surface area (Å²) in [7, 11) is 0. The number of hydrogen-bond acceptors (Lipinski definition) is 2. The number of aryl methyl sites for hydroxylation is 2. The number of amides is 1. The van der Waals surface area contributed by atoms with Crippen LogP contribution in [0.4, 0.5) is 14.5 Å². The molecule has 5 heteroatoms. The summed E-state index contributed by atoms with van der Waals surface area (Å²) in [5.41, 5.74) is 7.84. The van der Waals surface area contributed by atoms with E-state index in [9.17, 15) is 13.6 Å². The van der Waals surface area contributed by atoms with Crippen molar-refractivity contribution in [1.29, 1.82) is 0 Å². The van der Waals surface area contributed by atoms with Crippen LogP contribution in [0.2, 0.25) is 0 Å². The summed E-state index contributed by atoms with van der Waals surface area (Å²) in [5.74, 6) is -2.19. The molecule has 2 rings (SSSR count). The molecular formula is C15H14F2N2O. The molecular weight excluding hydrogens is 262 g/mol. The zero-order chi connectivity index (χ0) is 14.7. The van der Waals surface area contributed by atoms with Gasteiger partial charge in [-0.15, -0.1) is 0 Å². The van der Waals surface area contributed by atoms with Crippen LogP contribution in [0.1, 0.15) is 21.5 Å². The van der Waals surface area contributed by atoms with Gasteiger partial charge in [0.2, 0.25) is 0 Å². The predicted molar refractivity (Wildman–Crippen MR) is 73.4 cm³/mol. The normalized spacial score (nSPS) is 10.2. The highest BCUT2D eigenvalue weighted by Gasteiger charge is 2.09. The monoisotopic (exact) mass is 276 g/mol. The predicted octanol–water partition coefficient (Wildman–Crippen LogP) is 3.34. The minimum absolute atomic E-state index is 0.0836. The first-order valence-electron chi connectivity index (χ1n) is 6.05. The topological polar surface area (TPSA) is 41.1 Å². The Balaban J connectivity index is 2.08. The van der Waals surface area contributed by atoms with Crippen molar-refractivity contribution in [3.63, 3.8) is 0 Å². The van der Waals surface area contributed by atoms with E-state index in [2.05, 4.69) is 10.9 Å². The Labute approximate surface area is 115 Å². The smallest absolute Gasteiger partial charge is 0.269 e. The van der Waals surface area contributed by atoms with Gasteiger partial charge in [0.15, 0.2) is 0 Å². The first-order valence-corrected chi connectivity index (χ1v) is 6.05. The van der Waals surface area contributed by atoms with Crippen molar-refractivity contribution in [3.05, 3.63) is 64.7 Å². The summed E-state index contributed by atoms with van der Waals surface area (Å²) in [6.07, 6.45) is 0. The standard InChI is InChI=1S/C15H14F2N2O/c1-9-3-4-14(10(2)5-9)18-19-15(20)11-6-12(16)8-13(17)7-11/h3-8,18H,1-2H3,(H,19,20). The molecule has 0 atom stereocenters. The summed E-state index contributed by atoms with van der Waals surface area (Å²) in [5, 5.41) is 0. The van der Waals surface area contributed by atoms with E-state index in [0.29, 0.717) is 6.07 Å². The van der Waals surface area contributed by atoms with Crippen LogP contribution in [0.25, 0.3) is 0 Å². The third kappa shape index (κ3) is 3.32. The Morgan fingerprint density at radius 2 is 1.65 bits per heavy atom. The first-order chi connectivity index (χ1) is 9.45. The lowest BCUT2D eigenvalue weighted by Gasteiger charge is -2.11. The van der Waals surface area contributed by atoms with Crippen molar-refractivity contribution >= 4 is 11.6 Å². The van der Waals surface area contributed by atoms with E-state index in [1.165, 1.54) is 0 Å². The molecule has 0 aliphatic carbocycles. The quantitative estimate of drug-likeness (QED) is 0.844. The molecule has 2 aromatic carbocycles. The fourth-order valence-electron chi connectivity index (χ4n) is 1.84. The molecule has 0 saturated carbocycles. The van der Waals surface area contributed by atoms with Gasteiger partial charge in [-0.3, -0.25) is 15.6 Å². The number of carbonyl (C=O) groups excluding carboxylic acids is 1. The highest BCUT2D eigenvalue weighted by atomic mass is 19.1. The van der Waals surface area contributed by atoms with Crippen LogP contribution in [-0.2, 0) is 0 Å². The van der Waals surface area contributed by atoms with Gasteiger partial charge in [0.1, 0.15) is 11.6 Å². The number of hydrazine groups is 1. The minimum atomic E-state index is -0.790. The van der Waals surface area contributed by atoms with Crippen LogP contribution in [0.5, 0.6) is 0 Å². The van der Waals surface area contributed by atoms with E-state index in [4.69, 9.17) is 0 Å². The van der Waals surface area contributed by atoms with Crippen LogP contribution in [0.3, 0.4) is 0 Å². The molecule has 20 heavy (non-hydrogen) atoms. The maximum absolute atomic E-state index is 13.0. The molecule has 1 amide bonds. The van der Waals surface area contributed by atoms with Gasteiger partial charge >= 0.3 is 0 Å². The van der Waals surface area contributed by atoms with Crippen molar-refractivity contribution < 1.29 is 13.6 Å². The SMILES string of the molecule is Cc1ccc(NNC(=O)c2cc(F)cc(F)c2)c(C)c1. The molecule has 0 radical (unpaired) electrons. The largest absolute Gasteiger partial charge is 0.298 e. The minimum Gasteiger partial charge on any atom is -0.298 e. The molecule has 0 fully saturated rings. The zero-order valence-corrected chi connectivity index (χ0v) is 11.1. The molecule has 0 bridgehead atoms. The van der Waals surface area contributed by atoms with Gasteiger partial charge < -0.3 is 0 Å². The van der Waals surface area contributed by atoms with E-state index in [0.717, 1.165) is 28.9 Å². The zero-order valence-electron chi connectivity index (χ0n) is 11.1. The fourth-order valence-corrected chi connectivity index (χ4v) is 1.84. The van der Waals surface area contributed by atoms with Crippen LogP contribution in [-0.4, -0.2) is 5.91 Å². The molecule has 104 valence electrons. The van der Waals surface area contributed by atoms with E-state index in [1.807, 2.05) is 32.0 Å². The van der Waals surface area contributed by atoms with Crippen molar-refractivity contribution in [2.75, 3.05) is 5.43 Å². The fraction of sp³-hybridized carbons (Fsp3) is 0.133. The number of hydrogen-bond donors (Lipinski definition) is 2. The number of benzene rings is 2. The van der Waals surface area contributed by atoms with Crippen LogP contribution >= 0.6 is 0 Å². The Kier molecular flexibility index (Phi) is 3.98. The summed E-state index contributed by atoms with van der Waals surface area (Å²) in [4.78, 5) is 11.8. The Morgan fingerprint density at radius 1 is 1.00 bits per heavy atom. The average Bonchev–Trinajstić information content (AvgIpc) is 2.36.